The Kier molecular flexibility index (Phi) is 2.80. The Hall–Kier alpha value is -1.23. The highest BCUT2D eigenvalue weighted by molar-refractivity contribution is 9.09. The molecule has 0 saturated carbocycles. The lowest BCUT2D eigenvalue weighted by Gasteiger charge is -2.08. The van der Waals surface area contributed by atoms with Gasteiger partial charge in [-0.25, -0.2) is 8.78 Å². The molecule has 1 aromatic heterocycles. The number of halogens is 3. The van der Waals surface area contributed by atoms with Crippen LogP contribution in [-0.2, 0) is 0 Å². The van der Waals surface area contributed by atoms with Crippen LogP contribution in [0, 0.1) is 11.6 Å². The van der Waals surface area contributed by atoms with Gasteiger partial charge in [0.1, 0.15) is 0 Å². The van der Waals surface area contributed by atoms with Crippen molar-refractivity contribution in [3.63, 3.8) is 0 Å². The van der Waals surface area contributed by atoms with Crippen molar-refractivity contribution >= 4 is 26.8 Å². The zero-order valence-corrected chi connectivity index (χ0v) is 9.94. The Balaban J connectivity index is 2.95. The van der Waals surface area contributed by atoms with Gasteiger partial charge in [0, 0.05) is 16.3 Å². The molecule has 0 radical (unpaired) electrons. The molecule has 2 rings (SSSR count). The second-order valence-electron chi connectivity index (χ2n) is 3.49. The van der Waals surface area contributed by atoms with E-state index in [1.165, 1.54) is 12.1 Å². The first kappa shape index (κ1) is 11.3. The third kappa shape index (κ3) is 1.75. The lowest BCUT2D eigenvalue weighted by molar-refractivity contribution is 0.515. The molecule has 0 saturated heterocycles. The van der Waals surface area contributed by atoms with E-state index in [4.69, 9.17) is 0 Å². The summed E-state index contributed by atoms with van der Waals surface area (Å²) in [5, 5.41) is 0.503. The van der Waals surface area contributed by atoms with Crippen molar-refractivity contribution in [2.75, 3.05) is 0 Å². The molecular formula is C11H8BrF2NO. The number of alkyl halides is 1. The fourth-order valence-corrected chi connectivity index (χ4v) is 2.00. The molecular weight excluding hydrogens is 280 g/mol. The number of H-pyrrole nitrogens is 1. The summed E-state index contributed by atoms with van der Waals surface area (Å²) in [5.74, 6) is -1.99. The van der Waals surface area contributed by atoms with Crippen molar-refractivity contribution in [2.24, 2.45) is 0 Å². The Morgan fingerprint density at radius 3 is 2.69 bits per heavy atom. The minimum Gasteiger partial charge on any atom is -0.319 e. The molecule has 2 nitrogen and oxygen atoms in total. The molecule has 1 heterocycles. The quantitative estimate of drug-likeness (QED) is 0.803. The van der Waals surface area contributed by atoms with Gasteiger partial charge in [0.25, 0.3) is 0 Å². The van der Waals surface area contributed by atoms with Crippen LogP contribution in [0.15, 0.2) is 23.0 Å². The summed E-state index contributed by atoms with van der Waals surface area (Å²) in [4.78, 5) is 13.5. The van der Waals surface area contributed by atoms with E-state index < -0.39 is 17.2 Å². The Morgan fingerprint density at radius 1 is 1.38 bits per heavy atom. The normalized spacial score (nSPS) is 13.0. The number of hydrogen-bond acceptors (Lipinski definition) is 1. The van der Waals surface area contributed by atoms with Crippen molar-refractivity contribution in [3.05, 3.63) is 45.8 Å². The van der Waals surface area contributed by atoms with E-state index in [-0.39, 0.29) is 10.3 Å². The van der Waals surface area contributed by atoms with Gasteiger partial charge < -0.3 is 4.98 Å². The summed E-state index contributed by atoms with van der Waals surface area (Å²) in [5.41, 5.74) is 0.102. The van der Waals surface area contributed by atoms with Crippen molar-refractivity contribution in [2.45, 2.75) is 11.8 Å². The number of hydrogen-bond donors (Lipinski definition) is 1. The SMILES string of the molecule is CC(Br)c1cc(=O)[nH]c2c(F)c(F)ccc12. The largest absolute Gasteiger partial charge is 0.319 e. The van der Waals surface area contributed by atoms with E-state index in [1.54, 1.807) is 0 Å². The van der Waals surface area contributed by atoms with Gasteiger partial charge in [-0.05, 0) is 24.6 Å². The highest BCUT2D eigenvalue weighted by atomic mass is 79.9. The first-order valence-electron chi connectivity index (χ1n) is 4.65. The third-order valence-corrected chi connectivity index (χ3v) is 2.86. The van der Waals surface area contributed by atoms with E-state index in [9.17, 15) is 13.6 Å². The number of nitrogens with one attached hydrogen (secondary N) is 1. The first-order chi connectivity index (χ1) is 7.50. The van der Waals surface area contributed by atoms with Gasteiger partial charge in [-0.1, -0.05) is 15.9 Å². The Labute approximate surface area is 98.4 Å². The van der Waals surface area contributed by atoms with Crippen molar-refractivity contribution < 1.29 is 8.78 Å². The molecule has 0 aliphatic heterocycles. The molecule has 0 amide bonds. The molecule has 1 N–H and O–H groups in total. The molecule has 84 valence electrons. The summed E-state index contributed by atoms with van der Waals surface area (Å²) in [7, 11) is 0. The van der Waals surface area contributed by atoms with Gasteiger partial charge in [-0.3, -0.25) is 4.79 Å². The maximum atomic E-state index is 13.5. The average Bonchev–Trinajstić information content (AvgIpc) is 2.23. The van der Waals surface area contributed by atoms with Crippen LogP contribution in [-0.4, -0.2) is 4.98 Å². The molecule has 1 unspecified atom stereocenters. The highest BCUT2D eigenvalue weighted by Gasteiger charge is 2.13. The van der Waals surface area contributed by atoms with Crippen LogP contribution in [0.25, 0.3) is 10.9 Å². The molecule has 0 aliphatic rings. The summed E-state index contributed by atoms with van der Waals surface area (Å²) in [6, 6.07) is 3.88. The van der Waals surface area contributed by atoms with Crippen LogP contribution in [0.2, 0.25) is 0 Å². The van der Waals surface area contributed by atoms with Gasteiger partial charge >= 0.3 is 0 Å². The lowest BCUT2D eigenvalue weighted by Crippen LogP contribution is -2.08. The number of fused-ring (bicyclic) bond motifs is 1. The summed E-state index contributed by atoms with van der Waals surface area (Å²) < 4.78 is 26.5. The van der Waals surface area contributed by atoms with Gasteiger partial charge in [0.15, 0.2) is 11.6 Å². The molecule has 1 atom stereocenters. The number of aromatic nitrogens is 1. The van der Waals surface area contributed by atoms with Crippen LogP contribution in [0.3, 0.4) is 0 Å². The second-order valence-corrected chi connectivity index (χ2v) is 4.86. The van der Waals surface area contributed by atoms with Crippen LogP contribution in [0.4, 0.5) is 8.78 Å². The first-order valence-corrected chi connectivity index (χ1v) is 5.57. The van der Waals surface area contributed by atoms with E-state index in [2.05, 4.69) is 20.9 Å². The van der Waals surface area contributed by atoms with E-state index in [1.807, 2.05) is 6.92 Å². The number of benzene rings is 1. The maximum Gasteiger partial charge on any atom is 0.248 e. The van der Waals surface area contributed by atoms with Crippen molar-refractivity contribution in [3.8, 4) is 0 Å². The average molecular weight is 288 g/mol. The van der Waals surface area contributed by atoms with Gasteiger partial charge in [0.05, 0.1) is 5.52 Å². The summed E-state index contributed by atoms with van der Waals surface area (Å²) in [6.45, 7) is 1.81. The smallest absolute Gasteiger partial charge is 0.248 e. The fraction of sp³-hybridized carbons (Fsp3) is 0.182. The van der Waals surface area contributed by atoms with E-state index >= 15 is 0 Å². The van der Waals surface area contributed by atoms with Gasteiger partial charge in [-0.2, -0.15) is 0 Å². The molecule has 0 spiro atoms. The standard InChI is InChI=1S/C11H8BrF2NO/c1-5(12)7-4-9(16)15-11-6(7)2-3-8(13)10(11)14/h2-5H,1H3,(H,15,16). The van der Waals surface area contributed by atoms with Crippen LogP contribution in [0.1, 0.15) is 17.3 Å². The second kappa shape index (κ2) is 3.97. The van der Waals surface area contributed by atoms with Crippen LogP contribution < -0.4 is 5.56 Å². The molecule has 0 bridgehead atoms. The Morgan fingerprint density at radius 2 is 2.06 bits per heavy atom. The highest BCUT2D eigenvalue weighted by Crippen LogP contribution is 2.28. The zero-order chi connectivity index (χ0) is 11.9. The fourth-order valence-electron chi connectivity index (χ4n) is 1.62. The number of aromatic amines is 1. The van der Waals surface area contributed by atoms with Gasteiger partial charge in [0.2, 0.25) is 5.56 Å². The third-order valence-electron chi connectivity index (χ3n) is 2.37. The van der Waals surface area contributed by atoms with Crippen molar-refractivity contribution in [1.82, 2.24) is 4.98 Å². The molecule has 5 heteroatoms. The predicted octanol–water partition coefficient (Wildman–Crippen LogP) is 3.26. The monoisotopic (exact) mass is 287 g/mol. The minimum absolute atomic E-state index is 0.0891. The number of rotatable bonds is 1. The topological polar surface area (TPSA) is 32.9 Å². The molecule has 2 aromatic rings. The number of pyridine rings is 1. The molecule has 1 aromatic carbocycles. The molecule has 0 fully saturated rings. The summed E-state index contributed by atoms with van der Waals surface area (Å²) >= 11 is 3.31. The van der Waals surface area contributed by atoms with Gasteiger partial charge in [-0.15, -0.1) is 0 Å². The molecule has 16 heavy (non-hydrogen) atoms. The maximum absolute atomic E-state index is 13.5. The van der Waals surface area contributed by atoms with Crippen LogP contribution in [0.5, 0.6) is 0 Å². The summed E-state index contributed by atoms with van der Waals surface area (Å²) in [6.07, 6.45) is 0. The van der Waals surface area contributed by atoms with Crippen LogP contribution >= 0.6 is 15.9 Å². The van der Waals surface area contributed by atoms with Crippen molar-refractivity contribution in [1.29, 1.82) is 0 Å². The predicted molar refractivity (Wildman–Crippen MR) is 61.8 cm³/mol. The van der Waals surface area contributed by atoms with E-state index in [0.29, 0.717) is 10.9 Å². The zero-order valence-electron chi connectivity index (χ0n) is 8.35. The van der Waals surface area contributed by atoms with E-state index in [0.717, 1.165) is 6.07 Å². The Bertz CT molecular complexity index is 607. The lowest BCUT2D eigenvalue weighted by atomic mass is 10.1. The minimum atomic E-state index is -1.02. The molecule has 0 aliphatic carbocycles.